The van der Waals surface area contributed by atoms with Crippen molar-refractivity contribution < 1.29 is 13.2 Å². The van der Waals surface area contributed by atoms with Gasteiger partial charge in [0.25, 0.3) is 0 Å². The lowest BCUT2D eigenvalue weighted by Gasteiger charge is -2.31. The second-order valence-corrected chi connectivity index (χ2v) is 6.65. The van der Waals surface area contributed by atoms with Crippen LogP contribution in [-0.2, 0) is 13.1 Å². The zero-order valence-corrected chi connectivity index (χ0v) is 14.2. The molecule has 0 amide bonds. The first kappa shape index (κ1) is 16.9. The molecule has 1 aliphatic rings. The van der Waals surface area contributed by atoms with Crippen molar-refractivity contribution in [3.05, 3.63) is 95.1 Å². The molecule has 0 spiro atoms. The van der Waals surface area contributed by atoms with Crippen LogP contribution in [0.3, 0.4) is 0 Å². The summed E-state index contributed by atoms with van der Waals surface area (Å²) in [4.78, 5) is 2.17. The van der Waals surface area contributed by atoms with Crippen LogP contribution in [0.5, 0.6) is 0 Å². The van der Waals surface area contributed by atoms with Crippen molar-refractivity contribution in [2.24, 2.45) is 0 Å². The fraction of sp³-hybridized carbons (Fsp3) is 0.238. The summed E-state index contributed by atoms with van der Waals surface area (Å²) in [5, 5.41) is 0. The van der Waals surface area contributed by atoms with Gasteiger partial charge in [-0.3, -0.25) is 4.90 Å². The standard InChI is InChI=1S/C21H19F3N2/c22-16-6-4-15(5-7-16)14-26-12-2-11-25-10-1-3-20(25)21(26)18-9-8-17(23)13-19(18)24/h1,3-10,13,21H,2,11-12,14H2/t21-/m0/s1. The lowest BCUT2D eigenvalue weighted by atomic mass is 10.00. The van der Waals surface area contributed by atoms with Gasteiger partial charge in [-0.05, 0) is 42.3 Å². The van der Waals surface area contributed by atoms with Crippen molar-refractivity contribution in [2.75, 3.05) is 6.54 Å². The molecular weight excluding hydrogens is 337 g/mol. The molecule has 0 radical (unpaired) electrons. The third kappa shape index (κ3) is 3.27. The second kappa shape index (κ2) is 7.00. The maximum absolute atomic E-state index is 14.6. The van der Waals surface area contributed by atoms with Gasteiger partial charge in [0.2, 0.25) is 0 Å². The fourth-order valence-corrected chi connectivity index (χ4v) is 3.71. The number of hydrogen-bond donors (Lipinski definition) is 0. The Kier molecular flexibility index (Phi) is 4.55. The van der Waals surface area contributed by atoms with Crippen molar-refractivity contribution >= 4 is 0 Å². The molecular formula is C21H19F3N2. The van der Waals surface area contributed by atoms with Crippen molar-refractivity contribution in [2.45, 2.75) is 25.6 Å². The van der Waals surface area contributed by atoms with Crippen molar-refractivity contribution in [1.82, 2.24) is 9.47 Å². The highest BCUT2D eigenvalue weighted by Gasteiger charge is 2.29. The summed E-state index contributed by atoms with van der Waals surface area (Å²) >= 11 is 0. The van der Waals surface area contributed by atoms with E-state index in [1.54, 1.807) is 12.1 Å². The largest absolute Gasteiger partial charge is 0.350 e. The Bertz CT molecular complexity index is 902. The molecule has 1 atom stereocenters. The van der Waals surface area contributed by atoms with Gasteiger partial charge in [-0.2, -0.15) is 0 Å². The molecule has 4 rings (SSSR count). The maximum Gasteiger partial charge on any atom is 0.131 e. The highest BCUT2D eigenvalue weighted by Crippen LogP contribution is 2.34. The van der Waals surface area contributed by atoms with E-state index >= 15 is 0 Å². The molecule has 2 nitrogen and oxygen atoms in total. The summed E-state index contributed by atoms with van der Waals surface area (Å²) in [6.45, 7) is 2.18. The van der Waals surface area contributed by atoms with Crippen LogP contribution in [0.15, 0.2) is 60.8 Å². The van der Waals surface area contributed by atoms with E-state index in [-0.39, 0.29) is 11.9 Å². The molecule has 0 fully saturated rings. The average molecular weight is 356 g/mol. The highest BCUT2D eigenvalue weighted by atomic mass is 19.1. The molecule has 2 heterocycles. The molecule has 26 heavy (non-hydrogen) atoms. The van der Waals surface area contributed by atoms with E-state index in [0.717, 1.165) is 36.8 Å². The van der Waals surface area contributed by atoms with Gasteiger partial charge in [-0.15, -0.1) is 0 Å². The highest BCUT2D eigenvalue weighted by molar-refractivity contribution is 5.32. The normalized spacial score (nSPS) is 17.7. The Morgan fingerprint density at radius 1 is 0.885 bits per heavy atom. The van der Waals surface area contributed by atoms with Gasteiger partial charge in [0.15, 0.2) is 0 Å². The second-order valence-electron chi connectivity index (χ2n) is 6.65. The number of halogens is 3. The minimum atomic E-state index is -0.583. The zero-order valence-electron chi connectivity index (χ0n) is 14.2. The zero-order chi connectivity index (χ0) is 18.1. The molecule has 0 bridgehead atoms. The summed E-state index contributed by atoms with van der Waals surface area (Å²) in [5.41, 5.74) is 2.39. The number of aromatic nitrogens is 1. The maximum atomic E-state index is 14.6. The van der Waals surface area contributed by atoms with Gasteiger partial charge in [-0.1, -0.05) is 18.2 Å². The first-order chi connectivity index (χ1) is 12.6. The molecule has 0 N–H and O–H groups in total. The molecule has 1 aromatic heterocycles. The Morgan fingerprint density at radius 2 is 1.65 bits per heavy atom. The Labute approximate surface area is 150 Å². The van der Waals surface area contributed by atoms with E-state index in [1.165, 1.54) is 24.3 Å². The van der Waals surface area contributed by atoms with E-state index in [0.29, 0.717) is 12.1 Å². The SMILES string of the molecule is Fc1ccc(CN2CCCn3cccc3[C@@H]2c2ccc(F)cc2F)cc1. The molecule has 1 aliphatic heterocycles. The van der Waals surface area contributed by atoms with Gasteiger partial charge >= 0.3 is 0 Å². The number of fused-ring (bicyclic) bond motifs is 1. The summed E-state index contributed by atoms with van der Waals surface area (Å²) in [5.74, 6) is -1.41. The predicted molar refractivity (Wildman–Crippen MR) is 94.1 cm³/mol. The van der Waals surface area contributed by atoms with Gasteiger partial charge in [0.1, 0.15) is 17.5 Å². The summed E-state index contributed by atoms with van der Waals surface area (Å²) in [6.07, 6.45) is 2.91. The molecule has 0 saturated heterocycles. The van der Waals surface area contributed by atoms with Crippen LogP contribution in [0.4, 0.5) is 13.2 Å². The Hall–Kier alpha value is -2.53. The van der Waals surface area contributed by atoms with E-state index in [4.69, 9.17) is 0 Å². The van der Waals surface area contributed by atoms with Crippen LogP contribution in [0, 0.1) is 17.5 Å². The van der Waals surface area contributed by atoms with E-state index in [2.05, 4.69) is 9.47 Å². The van der Waals surface area contributed by atoms with E-state index in [9.17, 15) is 13.2 Å². The topological polar surface area (TPSA) is 8.17 Å². The number of nitrogens with zero attached hydrogens (tertiary/aromatic N) is 2. The monoisotopic (exact) mass is 356 g/mol. The van der Waals surface area contributed by atoms with Crippen LogP contribution in [0.25, 0.3) is 0 Å². The quantitative estimate of drug-likeness (QED) is 0.648. The fourth-order valence-electron chi connectivity index (χ4n) is 3.71. The number of benzene rings is 2. The molecule has 2 aromatic carbocycles. The molecule has 0 aliphatic carbocycles. The molecule has 3 aromatic rings. The average Bonchev–Trinajstić information content (AvgIpc) is 3.00. The number of aryl methyl sites for hydroxylation is 1. The van der Waals surface area contributed by atoms with Crippen LogP contribution in [0.2, 0.25) is 0 Å². The van der Waals surface area contributed by atoms with Gasteiger partial charge in [-0.25, -0.2) is 13.2 Å². The van der Waals surface area contributed by atoms with E-state index < -0.39 is 11.6 Å². The molecule has 134 valence electrons. The minimum absolute atomic E-state index is 0.278. The Morgan fingerprint density at radius 3 is 2.42 bits per heavy atom. The number of rotatable bonds is 3. The van der Waals surface area contributed by atoms with Crippen LogP contribution in [0.1, 0.15) is 29.3 Å². The van der Waals surface area contributed by atoms with Crippen molar-refractivity contribution in [1.29, 1.82) is 0 Å². The van der Waals surface area contributed by atoms with E-state index in [1.807, 2.05) is 18.3 Å². The van der Waals surface area contributed by atoms with Crippen molar-refractivity contribution in [3.63, 3.8) is 0 Å². The Balaban J connectivity index is 1.76. The van der Waals surface area contributed by atoms with Crippen LogP contribution in [-0.4, -0.2) is 16.0 Å². The van der Waals surface area contributed by atoms with Crippen LogP contribution < -0.4 is 0 Å². The molecule has 0 unspecified atom stereocenters. The lowest BCUT2D eigenvalue weighted by Crippen LogP contribution is -2.30. The summed E-state index contributed by atoms with van der Waals surface area (Å²) < 4.78 is 43.4. The number of hydrogen-bond acceptors (Lipinski definition) is 1. The third-order valence-electron chi connectivity index (χ3n) is 4.91. The van der Waals surface area contributed by atoms with Gasteiger partial charge in [0.05, 0.1) is 6.04 Å². The predicted octanol–water partition coefficient (Wildman–Crippen LogP) is 4.90. The lowest BCUT2D eigenvalue weighted by molar-refractivity contribution is 0.216. The molecule has 0 saturated carbocycles. The van der Waals surface area contributed by atoms with Gasteiger partial charge in [0, 0.05) is 43.2 Å². The smallest absolute Gasteiger partial charge is 0.131 e. The molecule has 5 heteroatoms. The third-order valence-corrected chi connectivity index (χ3v) is 4.91. The summed E-state index contributed by atoms with van der Waals surface area (Å²) in [7, 11) is 0. The summed E-state index contributed by atoms with van der Waals surface area (Å²) in [6, 6.07) is 13.7. The van der Waals surface area contributed by atoms with Gasteiger partial charge < -0.3 is 4.57 Å². The van der Waals surface area contributed by atoms with Crippen LogP contribution >= 0.6 is 0 Å². The van der Waals surface area contributed by atoms with Crippen molar-refractivity contribution in [3.8, 4) is 0 Å². The minimum Gasteiger partial charge on any atom is -0.350 e. The first-order valence-electron chi connectivity index (χ1n) is 8.70. The first-order valence-corrected chi connectivity index (χ1v) is 8.70.